The van der Waals surface area contributed by atoms with Crippen molar-refractivity contribution < 1.29 is 9.59 Å². The number of nitrogens with zero attached hydrogens (tertiary/aromatic N) is 1. The molecule has 1 N–H and O–H groups in total. The van der Waals surface area contributed by atoms with E-state index in [1.165, 1.54) is 0 Å². The smallest absolute Gasteiger partial charge is 0.321 e. The lowest BCUT2D eigenvalue weighted by atomic mass is 9.80. The number of hydrogen-bond acceptors (Lipinski definition) is 2. The molecular weight excluding hydrogens is 180 g/mol. The number of imide groups is 1. The second-order valence-corrected chi connectivity index (χ2v) is 4.58. The summed E-state index contributed by atoms with van der Waals surface area (Å²) in [5.74, 6) is 0.517. The maximum atomic E-state index is 11.5. The van der Waals surface area contributed by atoms with E-state index in [4.69, 9.17) is 0 Å². The van der Waals surface area contributed by atoms with Crippen molar-refractivity contribution in [1.29, 1.82) is 0 Å². The maximum Gasteiger partial charge on any atom is 0.324 e. The Balaban J connectivity index is 1.98. The molecule has 1 atom stereocenters. The molecule has 0 aromatic carbocycles. The van der Waals surface area contributed by atoms with E-state index in [1.807, 2.05) is 11.8 Å². The molecule has 0 aromatic heterocycles. The minimum Gasteiger partial charge on any atom is -0.321 e. The molecule has 2 rings (SSSR count). The molecule has 0 radical (unpaired) electrons. The van der Waals surface area contributed by atoms with Crippen molar-refractivity contribution in [2.24, 2.45) is 11.8 Å². The van der Waals surface area contributed by atoms with Crippen LogP contribution < -0.4 is 5.32 Å². The van der Waals surface area contributed by atoms with Crippen LogP contribution in [0.15, 0.2) is 0 Å². The van der Waals surface area contributed by atoms with Crippen LogP contribution >= 0.6 is 0 Å². The Morgan fingerprint density at radius 3 is 2.50 bits per heavy atom. The van der Waals surface area contributed by atoms with E-state index in [1.54, 1.807) is 0 Å². The SMILES string of the molecule is CC1CC(N2CC(C)C(=O)NC2=O)C1. The molecule has 4 heteroatoms. The van der Waals surface area contributed by atoms with Gasteiger partial charge in [-0.05, 0) is 18.8 Å². The summed E-state index contributed by atoms with van der Waals surface area (Å²) in [7, 11) is 0. The fraction of sp³-hybridized carbons (Fsp3) is 0.800. The van der Waals surface area contributed by atoms with Gasteiger partial charge in [0.1, 0.15) is 0 Å². The summed E-state index contributed by atoms with van der Waals surface area (Å²) in [5.41, 5.74) is 0. The Hall–Kier alpha value is -1.06. The van der Waals surface area contributed by atoms with Crippen molar-refractivity contribution in [3.8, 4) is 0 Å². The third kappa shape index (κ3) is 1.49. The van der Waals surface area contributed by atoms with E-state index in [0.29, 0.717) is 12.6 Å². The first-order valence-corrected chi connectivity index (χ1v) is 5.19. The van der Waals surface area contributed by atoms with E-state index in [0.717, 1.165) is 18.8 Å². The highest BCUT2D eigenvalue weighted by Crippen LogP contribution is 2.32. The van der Waals surface area contributed by atoms with Crippen LogP contribution in [-0.2, 0) is 4.79 Å². The molecule has 0 spiro atoms. The molecule has 3 amide bonds. The number of rotatable bonds is 1. The summed E-state index contributed by atoms with van der Waals surface area (Å²) in [6.07, 6.45) is 2.16. The highest BCUT2D eigenvalue weighted by Gasteiger charge is 2.38. The maximum absolute atomic E-state index is 11.5. The number of urea groups is 1. The quantitative estimate of drug-likeness (QED) is 0.679. The van der Waals surface area contributed by atoms with E-state index >= 15 is 0 Å². The predicted octanol–water partition coefficient (Wildman–Crippen LogP) is 0.973. The lowest BCUT2D eigenvalue weighted by Crippen LogP contribution is -2.59. The molecule has 14 heavy (non-hydrogen) atoms. The van der Waals surface area contributed by atoms with Gasteiger partial charge in [0.25, 0.3) is 0 Å². The standard InChI is InChI=1S/C10H16N2O2/c1-6-3-8(4-6)12-5-7(2)9(13)11-10(12)14/h6-8H,3-5H2,1-2H3,(H,11,13,14). The van der Waals surface area contributed by atoms with Gasteiger partial charge in [0.15, 0.2) is 0 Å². The van der Waals surface area contributed by atoms with Crippen LogP contribution in [0.3, 0.4) is 0 Å². The van der Waals surface area contributed by atoms with Crippen molar-refractivity contribution in [1.82, 2.24) is 10.2 Å². The molecule has 2 fully saturated rings. The molecular formula is C10H16N2O2. The summed E-state index contributed by atoms with van der Waals surface area (Å²) in [6, 6.07) is 0.158. The molecule has 0 bridgehead atoms. The second kappa shape index (κ2) is 3.26. The molecule has 1 heterocycles. The zero-order chi connectivity index (χ0) is 10.3. The number of hydrogen-bond donors (Lipinski definition) is 1. The van der Waals surface area contributed by atoms with Gasteiger partial charge in [0.05, 0.1) is 5.92 Å². The van der Waals surface area contributed by atoms with Gasteiger partial charge in [-0.25, -0.2) is 4.79 Å². The zero-order valence-electron chi connectivity index (χ0n) is 8.62. The molecule has 1 saturated carbocycles. The van der Waals surface area contributed by atoms with Gasteiger partial charge in [0, 0.05) is 12.6 Å². The highest BCUT2D eigenvalue weighted by molar-refractivity contribution is 5.97. The molecule has 1 saturated heterocycles. The van der Waals surface area contributed by atoms with Gasteiger partial charge in [-0.2, -0.15) is 0 Å². The Kier molecular flexibility index (Phi) is 2.21. The minimum atomic E-state index is -0.204. The van der Waals surface area contributed by atoms with E-state index in [-0.39, 0.29) is 17.9 Å². The average Bonchev–Trinajstić information content (AvgIpc) is 2.07. The summed E-state index contributed by atoms with van der Waals surface area (Å²) < 4.78 is 0. The zero-order valence-corrected chi connectivity index (χ0v) is 8.62. The third-order valence-electron chi connectivity index (χ3n) is 3.20. The van der Waals surface area contributed by atoms with E-state index in [2.05, 4.69) is 12.2 Å². The average molecular weight is 196 g/mol. The molecule has 4 nitrogen and oxygen atoms in total. The van der Waals surface area contributed by atoms with Gasteiger partial charge in [-0.1, -0.05) is 13.8 Å². The van der Waals surface area contributed by atoms with Crippen molar-refractivity contribution in [2.75, 3.05) is 6.54 Å². The molecule has 1 unspecified atom stereocenters. The molecule has 1 aliphatic heterocycles. The summed E-state index contributed by atoms with van der Waals surface area (Å²) in [6.45, 7) is 4.63. The summed E-state index contributed by atoms with van der Waals surface area (Å²) in [5, 5.41) is 2.39. The van der Waals surface area contributed by atoms with Crippen LogP contribution in [0.25, 0.3) is 0 Å². The fourth-order valence-electron chi connectivity index (χ4n) is 2.19. The van der Waals surface area contributed by atoms with Gasteiger partial charge in [0.2, 0.25) is 5.91 Å². The summed E-state index contributed by atoms with van der Waals surface area (Å²) in [4.78, 5) is 24.5. The molecule has 2 aliphatic rings. The van der Waals surface area contributed by atoms with Crippen LogP contribution in [0, 0.1) is 11.8 Å². The van der Waals surface area contributed by atoms with Crippen molar-refractivity contribution in [3.63, 3.8) is 0 Å². The Labute approximate surface area is 83.6 Å². The lowest BCUT2D eigenvalue weighted by Gasteiger charge is -2.44. The van der Waals surface area contributed by atoms with E-state index in [9.17, 15) is 9.59 Å². The van der Waals surface area contributed by atoms with Gasteiger partial charge >= 0.3 is 6.03 Å². The van der Waals surface area contributed by atoms with Crippen LogP contribution in [-0.4, -0.2) is 29.4 Å². The van der Waals surface area contributed by atoms with Crippen LogP contribution in [0.2, 0.25) is 0 Å². The highest BCUT2D eigenvalue weighted by atomic mass is 16.2. The predicted molar refractivity (Wildman–Crippen MR) is 51.6 cm³/mol. The molecule has 0 aromatic rings. The van der Waals surface area contributed by atoms with Crippen molar-refractivity contribution in [2.45, 2.75) is 32.7 Å². The largest absolute Gasteiger partial charge is 0.324 e. The first-order chi connectivity index (χ1) is 6.58. The molecule has 1 aliphatic carbocycles. The second-order valence-electron chi connectivity index (χ2n) is 4.58. The number of carbonyl (C=O) groups is 2. The fourth-order valence-corrected chi connectivity index (χ4v) is 2.19. The monoisotopic (exact) mass is 196 g/mol. The van der Waals surface area contributed by atoms with Crippen LogP contribution in [0.5, 0.6) is 0 Å². The van der Waals surface area contributed by atoms with Crippen molar-refractivity contribution in [3.05, 3.63) is 0 Å². The summed E-state index contributed by atoms with van der Waals surface area (Å²) >= 11 is 0. The Morgan fingerprint density at radius 1 is 1.29 bits per heavy atom. The van der Waals surface area contributed by atoms with Gasteiger partial charge in [-0.3, -0.25) is 10.1 Å². The lowest BCUT2D eigenvalue weighted by molar-refractivity contribution is -0.126. The Bertz CT molecular complexity index is 271. The topological polar surface area (TPSA) is 49.4 Å². The van der Waals surface area contributed by atoms with Crippen LogP contribution in [0.4, 0.5) is 4.79 Å². The Morgan fingerprint density at radius 2 is 1.93 bits per heavy atom. The first-order valence-electron chi connectivity index (χ1n) is 5.19. The molecule has 78 valence electrons. The van der Waals surface area contributed by atoms with Gasteiger partial charge in [-0.15, -0.1) is 0 Å². The number of amides is 3. The normalized spacial score (nSPS) is 37.9. The van der Waals surface area contributed by atoms with Crippen LogP contribution in [0.1, 0.15) is 26.7 Å². The van der Waals surface area contributed by atoms with E-state index < -0.39 is 0 Å². The third-order valence-corrected chi connectivity index (χ3v) is 3.20. The van der Waals surface area contributed by atoms with Crippen molar-refractivity contribution >= 4 is 11.9 Å². The number of carbonyl (C=O) groups excluding carboxylic acids is 2. The number of nitrogens with one attached hydrogen (secondary N) is 1. The first kappa shape index (κ1) is 9.49. The minimum absolute atomic E-state index is 0.0661. The van der Waals surface area contributed by atoms with Gasteiger partial charge < -0.3 is 4.90 Å².